The highest BCUT2D eigenvalue weighted by Gasteiger charge is 2.09. The Balaban J connectivity index is 1.80. The van der Waals surface area contributed by atoms with Crippen molar-refractivity contribution in [3.63, 3.8) is 0 Å². The average Bonchev–Trinajstić information content (AvgIpc) is 2.95. The van der Waals surface area contributed by atoms with Crippen molar-refractivity contribution in [2.75, 3.05) is 17.3 Å². The number of carbonyl (C=O) groups excluding carboxylic acids is 1. The van der Waals surface area contributed by atoms with Crippen LogP contribution in [0, 0.1) is 0 Å². The summed E-state index contributed by atoms with van der Waals surface area (Å²) in [5.74, 6) is 0.430. The van der Waals surface area contributed by atoms with Gasteiger partial charge in [-0.1, -0.05) is 23.5 Å². The van der Waals surface area contributed by atoms with Crippen LogP contribution >= 0.6 is 35.1 Å². The molecule has 0 radical (unpaired) electrons. The molecule has 1 aromatic heterocycles. The Morgan fingerprint density at radius 1 is 1.35 bits per heavy atom. The van der Waals surface area contributed by atoms with Crippen LogP contribution in [0.3, 0.4) is 0 Å². The molecule has 2 aromatic rings. The first-order chi connectivity index (χ1) is 10.9. The van der Waals surface area contributed by atoms with E-state index in [1.807, 2.05) is 6.26 Å². The first-order valence-corrected chi connectivity index (χ1v) is 10.8. The molecule has 0 unspecified atom stereocenters. The largest absolute Gasteiger partial charge is 0.326 e. The summed E-state index contributed by atoms with van der Waals surface area (Å²) in [6.07, 6.45) is 2.22. The van der Waals surface area contributed by atoms with Crippen molar-refractivity contribution in [1.29, 1.82) is 0 Å². The van der Waals surface area contributed by atoms with E-state index in [0.717, 1.165) is 9.50 Å². The van der Waals surface area contributed by atoms with Crippen molar-refractivity contribution in [2.24, 2.45) is 5.14 Å². The molecule has 0 aliphatic heterocycles. The van der Waals surface area contributed by atoms with Crippen molar-refractivity contribution in [3.8, 4) is 0 Å². The summed E-state index contributed by atoms with van der Waals surface area (Å²) in [4.78, 5) is 16.1. The minimum Gasteiger partial charge on any atom is -0.326 e. The van der Waals surface area contributed by atoms with Gasteiger partial charge in [0.1, 0.15) is 0 Å². The van der Waals surface area contributed by atoms with E-state index in [0.29, 0.717) is 17.9 Å². The number of rotatable bonds is 7. The highest BCUT2D eigenvalue weighted by molar-refractivity contribution is 8.01. The van der Waals surface area contributed by atoms with Crippen molar-refractivity contribution >= 4 is 56.7 Å². The van der Waals surface area contributed by atoms with Gasteiger partial charge >= 0.3 is 0 Å². The normalized spacial score (nSPS) is 11.4. The topological polar surface area (TPSA) is 115 Å². The number of thioether (sulfide) groups is 2. The molecular weight excluding hydrogens is 376 g/mol. The van der Waals surface area contributed by atoms with E-state index in [1.165, 1.54) is 59.3 Å². The van der Waals surface area contributed by atoms with Gasteiger partial charge in [0, 0.05) is 17.9 Å². The third kappa shape index (κ3) is 5.77. The molecule has 1 amide bonds. The molecule has 0 fully saturated rings. The van der Waals surface area contributed by atoms with Crippen LogP contribution in [0.2, 0.25) is 0 Å². The van der Waals surface area contributed by atoms with Gasteiger partial charge < -0.3 is 5.32 Å². The lowest BCUT2D eigenvalue weighted by Gasteiger charge is -2.05. The number of nitrogens with two attached hydrogens (primary N) is 1. The number of nitrogens with zero attached hydrogens (tertiary/aromatic N) is 2. The minimum absolute atomic E-state index is 0.00641. The molecule has 0 spiro atoms. The van der Waals surface area contributed by atoms with Crippen molar-refractivity contribution in [1.82, 2.24) is 9.36 Å². The lowest BCUT2D eigenvalue weighted by molar-refractivity contribution is -0.115. The van der Waals surface area contributed by atoms with Gasteiger partial charge in [0.25, 0.3) is 0 Å². The van der Waals surface area contributed by atoms with Gasteiger partial charge in [0.05, 0.1) is 4.90 Å². The second kappa shape index (κ2) is 8.11. The SMILES string of the molecule is CSc1nsc(SCCC(=O)Nc2ccc(S(N)(=O)=O)cc2)n1. The number of nitrogens with one attached hydrogen (secondary N) is 1. The Labute approximate surface area is 146 Å². The van der Waals surface area contributed by atoms with Gasteiger partial charge in [-0.25, -0.2) is 18.5 Å². The maximum atomic E-state index is 11.8. The summed E-state index contributed by atoms with van der Waals surface area (Å²) in [5, 5.41) is 8.44. The van der Waals surface area contributed by atoms with E-state index in [-0.39, 0.29) is 10.8 Å². The molecule has 0 saturated carbocycles. The van der Waals surface area contributed by atoms with Crippen LogP contribution in [0.4, 0.5) is 5.69 Å². The Morgan fingerprint density at radius 2 is 2.04 bits per heavy atom. The van der Waals surface area contributed by atoms with E-state index in [1.54, 1.807) is 0 Å². The first-order valence-electron chi connectivity index (χ1n) is 6.31. The van der Waals surface area contributed by atoms with Crippen LogP contribution in [-0.2, 0) is 14.8 Å². The molecule has 0 atom stereocenters. The zero-order valence-corrected chi connectivity index (χ0v) is 15.3. The molecule has 0 aliphatic carbocycles. The molecular formula is C12H14N4O3S4. The van der Waals surface area contributed by atoms with Crippen molar-refractivity contribution in [2.45, 2.75) is 20.8 Å². The van der Waals surface area contributed by atoms with Gasteiger partial charge in [0.2, 0.25) is 21.1 Å². The minimum atomic E-state index is -3.72. The van der Waals surface area contributed by atoms with Gasteiger partial charge in [-0.3, -0.25) is 4.79 Å². The molecule has 0 aliphatic rings. The summed E-state index contributed by atoms with van der Waals surface area (Å²) in [6, 6.07) is 5.70. The molecule has 7 nitrogen and oxygen atoms in total. The standard InChI is InChI=1S/C12H14N4O3S4/c1-20-11-15-12(22-16-11)21-7-6-10(17)14-8-2-4-9(5-3-8)23(13,18)19/h2-5H,6-7H2,1H3,(H,14,17)(H2,13,18,19). The van der Waals surface area contributed by atoms with E-state index in [2.05, 4.69) is 14.7 Å². The van der Waals surface area contributed by atoms with Crippen LogP contribution in [0.15, 0.2) is 38.7 Å². The number of sulfonamides is 1. The lowest BCUT2D eigenvalue weighted by Crippen LogP contribution is -2.14. The Morgan fingerprint density at radius 3 is 2.61 bits per heavy atom. The molecule has 11 heteroatoms. The zero-order valence-electron chi connectivity index (χ0n) is 12.1. The molecule has 2 rings (SSSR count). The molecule has 1 aromatic carbocycles. The van der Waals surface area contributed by atoms with Gasteiger partial charge in [0.15, 0.2) is 4.34 Å². The predicted molar refractivity (Wildman–Crippen MR) is 93.5 cm³/mol. The number of carbonyl (C=O) groups is 1. The smallest absolute Gasteiger partial charge is 0.238 e. The molecule has 1 heterocycles. The van der Waals surface area contributed by atoms with Gasteiger partial charge in [-0.15, -0.1) is 0 Å². The molecule has 23 heavy (non-hydrogen) atoms. The predicted octanol–water partition coefficient (Wildman–Crippen LogP) is 2.03. The van der Waals surface area contributed by atoms with E-state index in [4.69, 9.17) is 5.14 Å². The third-order valence-electron chi connectivity index (χ3n) is 2.59. The average molecular weight is 391 g/mol. The Kier molecular flexibility index (Phi) is 6.41. The van der Waals surface area contributed by atoms with Crippen LogP contribution < -0.4 is 10.5 Å². The van der Waals surface area contributed by atoms with Crippen LogP contribution in [0.25, 0.3) is 0 Å². The maximum Gasteiger partial charge on any atom is 0.238 e. The number of aromatic nitrogens is 2. The fourth-order valence-electron chi connectivity index (χ4n) is 1.52. The highest BCUT2D eigenvalue weighted by atomic mass is 32.2. The second-order valence-corrected chi connectivity index (χ2v) is 8.69. The number of primary sulfonamides is 1. The van der Waals surface area contributed by atoms with Crippen LogP contribution in [-0.4, -0.2) is 35.7 Å². The highest BCUT2D eigenvalue weighted by Crippen LogP contribution is 2.24. The Hall–Kier alpha value is -1.14. The second-order valence-electron chi connectivity index (χ2n) is 4.26. The summed E-state index contributed by atoms with van der Waals surface area (Å²) in [7, 11) is -3.72. The lowest BCUT2D eigenvalue weighted by atomic mass is 10.3. The number of hydrogen-bond donors (Lipinski definition) is 2. The van der Waals surface area contributed by atoms with E-state index in [9.17, 15) is 13.2 Å². The van der Waals surface area contributed by atoms with Crippen molar-refractivity contribution < 1.29 is 13.2 Å². The van der Waals surface area contributed by atoms with Gasteiger partial charge in [-0.2, -0.15) is 4.37 Å². The monoisotopic (exact) mass is 390 g/mol. The maximum absolute atomic E-state index is 11.8. The zero-order chi connectivity index (χ0) is 16.9. The summed E-state index contributed by atoms with van der Waals surface area (Å²) in [5.41, 5.74) is 0.521. The fourth-order valence-corrected chi connectivity index (χ4v) is 4.25. The van der Waals surface area contributed by atoms with Crippen molar-refractivity contribution in [3.05, 3.63) is 24.3 Å². The van der Waals surface area contributed by atoms with Gasteiger partial charge in [-0.05, 0) is 42.1 Å². The molecule has 0 saturated heterocycles. The summed E-state index contributed by atoms with van der Waals surface area (Å²) >= 11 is 4.27. The number of amides is 1. The number of hydrogen-bond acceptors (Lipinski definition) is 8. The fraction of sp³-hybridized carbons (Fsp3) is 0.250. The third-order valence-corrected chi connectivity index (χ3v) is 6.02. The van der Waals surface area contributed by atoms with E-state index >= 15 is 0 Å². The molecule has 124 valence electrons. The number of benzene rings is 1. The molecule has 3 N–H and O–H groups in total. The first kappa shape index (κ1) is 18.2. The van der Waals surface area contributed by atoms with Crippen LogP contribution in [0.1, 0.15) is 6.42 Å². The summed E-state index contributed by atoms with van der Waals surface area (Å²) in [6.45, 7) is 0. The Bertz CT molecular complexity index is 774. The quantitative estimate of drug-likeness (QED) is 0.695. The number of anilines is 1. The molecule has 0 bridgehead atoms. The van der Waals surface area contributed by atoms with E-state index < -0.39 is 10.0 Å². The van der Waals surface area contributed by atoms with Crippen LogP contribution in [0.5, 0.6) is 0 Å². The summed E-state index contributed by atoms with van der Waals surface area (Å²) < 4.78 is 27.3.